The Morgan fingerprint density at radius 1 is 1.18 bits per heavy atom. The van der Waals surface area contributed by atoms with E-state index in [0.717, 1.165) is 26.2 Å². The predicted octanol–water partition coefficient (Wildman–Crippen LogP) is -1.56. The third-order valence-electron chi connectivity index (χ3n) is 3.12. The summed E-state index contributed by atoms with van der Waals surface area (Å²) in [4.78, 5) is 27.1. The molecule has 1 aromatic carbocycles. The van der Waals surface area contributed by atoms with Crippen LogP contribution in [-0.2, 0) is 0 Å². The molecule has 0 aliphatic carbocycles. The smallest absolute Gasteiger partial charge is 0.253 e. The Morgan fingerprint density at radius 3 is 2.41 bits per heavy atom. The van der Waals surface area contributed by atoms with Gasteiger partial charge in [-0.25, -0.2) is 0 Å². The Balaban J connectivity index is 2.13. The monoisotopic (exact) mass is 239 g/mol. The van der Waals surface area contributed by atoms with Crippen LogP contribution in [0.5, 0.6) is 0 Å². The van der Waals surface area contributed by atoms with Crippen LogP contribution in [0.3, 0.4) is 0 Å². The van der Waals surface area contributed by atoms with Crippen molar-refractivity contribution in [1.82, 2.24) is 4.90 Å². The summed E-state index contributed by atoms with van der Waals surface area (Å²) >= 11 is 0. The van der Waals surface area contributed by atoms with Gasteiger partial charge in [0.25, 0.3) is 10.9 Å². The average molecular weight is 239 g/mol. The largest absolute Gasteiger partial charge is 0.395 e. The van der Waals surface area contributed by atoms with Gasteiger partial charge in [0.05, 0.1) is 6.61 Å². The van der Waals surface area contributed by atoms with Crippen LogP contribution in [0.25, 0.3) is 0 Å². The number of rotatable bonds is 4. The molecule has 2 rings (SSSR count). The quantitative estimate of drug-likeness (QED) is 0.619. The number of piperazine rings is 1. The fourth-order valence-corrected chi connectivity index (χ4v) is 2.06. The lowest BCUT2D eigenvalue weighted by molar-refractivity contribution is 0.310. The maximum Gasteiger partial charge on any atom is 0.253 e. The van der Waals surface area contributed by atoms with Crippen molar-refractivity contribution in [2.45, 2.75) is 0 Å². The standard InChI is InChI=1S/C11H17N3O3/c1-13-3-5-14(6-4-13)9-8(12-2-7-15)10(16)11(9)17/h12,15H,2-7H2,1H3. The molecular formula is C11H17N3O3. The molecule has 1 aliphatic rings. The molecular weight excluding hydrogens is 222 g/mol. The minimum absolute atomic E-state index is 0.0546. The van der Waals surface area contributed by atoms with Crippen LogP contribution in [-0.4, -0.2) is 56.4 Å². The Bertz CT molecular complexity index is 457. The first-order valence-electron chi connectivity index (χ1n) is 5.76. The van der Waals surface area contributed by atoms with Gasteiger partial charge in [-0.3, -0.25) is 9.59 Å². The number of hydrogen-bond donors (Lipinski definition) is 2. The van der Waals surface area contributed by atoms with E-state index in [9.17, 15) is 9.59 Å². The first-order chi connectivity index (χ1) is 8.15. The van der Waals surface area contributed by atoms with Crippen LogP contribution in [0, 0.1) is 0 Å². The van der Waals surface area contributed by atoms with Gasteiger partial charge < -0.3 is 20.2 Å². The molecule has 0 amide bonds. The van der Waals surface area contributed by atoms with Crippen molar-refractivity contribution in [3.8, 4) is 0 Å². The van der Waals surface area contributed by atoms with Gasteiger partial charge in [-0.1, -0.05) is 0 Å². The van der Waals surface area contributed by atoms with Gasteiger partial charge in [0.2, 0.25) is 0 Å². The zero-order valence-corrected chi connectivity index (χ0v) is 9.90. The van der Waals surface area contributed by atoms with E-state index in [2.05, 4.69) is 10.2 Å². The summed E-state index contributed by atoms with van der Waals surface area (Å²) < 4.78 is 0. The molecule has 0 radical (unpaired) electrons. The number of aliphatic hydroxyl groups is 1. The van der Waals surface area contributed by atoms with E-state index in [0.29, 0.717) is 17.9 Å². The average Bonchev–Trinajstić information content (AvgIpc) is 2.35. The molecule has 6 heteroatoms. The summed E-state index contributed by atoms with van der Waals surface area (Å²) in [6, 6.07) is 0. The molecule has 6 nitrogen and oxygen atoms in total. The van der Waals surface area contributed by atoms with Gasteiger partial charge in [0.15, 0.2) is 0 Å². The summed E-state index contributed by atoms with van der Waals surface area (Å²) in [5.74, 6) is 0. The normalized spacial score (nSPS) is 17.6. The lowest BCUT2D eigenvalue weighted by atomic mass is 10.1. The van der Waals surface area contributed by atoms with Crippen LogP contribution in [0.2, 0.25) is 0 Å². The van der Waals surface area contributed by atoms with Crippen LogP contribution in [0.15, 0.2) is 9.59 Å². The Kier molecular flexibility index (Phi) is 3.44. The molecule has 2 N–H and O–H groups in total. The zero-order chi connectivity index (χ0) is 12.4. The molecule has 0 atom stereocenters. The summed E-state index contributed by atoms with van der Waals surface area (Å²) in [5, 5.41) is 11.5. The number of anilines is 2. The molecule has 0 bridgehead atoms. The molecule has 0 aromatic heterocycles. The molecule has 1 fully saturated rings. The van der Waals surface area contributed by atoms with Crippen molar-refractivity contribution >= 4 is 11.4 Å². The number of nitrogens with one attached hydrogen (secondary N) is 1. The van der Waals surface area contributed by atoms with Gasteiger partial charge in [-0.05, 0) is 7.05 Å². The van der Waals surface area contributed by atoms with E-state index < -0.39 is 10.9 Å². The van der Waals surface area contributed by atoms with Gasteiger partial charge in [-0.2, -0.15) is 0 Å². The fraction of sp³-hybridized carbons (Fsp3) is 0.636. The summed E-state index contributed by atoms with van der Waals surface area (Å²) in [7, 11) is 2.03. The zero-order valence-electron chi connectivity index (χ0n) is 9.90. The maximum atomic E-state index is 11.6. The summed E-state index contributed by atoms with van der Waals surface area (Å²) in [6.45, 7) is 3.54. The molecule has 1 heterocycles. The predicted molar refractivity (Wildman–Crippen MR) is 66.6 cm³/mol. The minimum Gasteiger partial charge on any atom is -0.395 e. The van der Waals surface area contributed by atoms with Crippen molar-refractivity contribution in [3.63, 3.8) is 0 Å². The lowest BCUT2D eigenvalue weighted by Gasteiger charge is -2.35. The second-order valence-corrected chi connectivity index (χ2v) is 4.32. The van der Waals surface area contributed by atoms with Crippen molar-refractivity contribution in [3.05, 3.63) is 20.4 Å². The highest BCUT2D eigenvalue weighted by atomic mass is 16.3. The van der Waals surface area contributed by atoms with Gasteiger partial charge in [0.1, 0.15) is 11.4 Å². The fourth-order valence-electron chi connectivity index (χ4n) is 2.06. The summed E-state index contributed by atoms with van der Waals surface area (Å²) in [6.07, 6.45) is 0. The van der Waals surface area contributed by atoms with E-state index in [1.165, 1.54) is 0 Å². The van der Waals surface area contributed by atoms with E-state index in [1.807, 2.05) is 11.9 Å². The van der Waals surface area contributed by atoms with Gasteiger partial charge in [-0.15, -0.1) is 0 Å². The molecule has 0 saturated carbocycles. The second kappa shape index (κ2) is 4.85. The van der Waals surface area contributed by atoms with Crippen LogP contribution >= 0.6 is 0 Å². The molecule has 94 valence electrons. The number of hydrogen-bond acceptors (Lipinski definition) is 6. The second-order valence-electron chi connectivity index (χ2n) is 4.32. The van der Waals surface area contributed by atoms with Gasteiger partial charge >= 0.3 is 0 Å². The van der Waals surface area contributed by atoms with Gasteiger partial charge in [0, 0.05) is 32.7 Å². The third-order valence-corrected chi connectivity index (χ3v) is 3.12. The van der Waals surface area contributed by atoms with Crippen molar-refractivity contribution in [1.29, 1.82) is 0 Å². The molecule has 1 aromatic rings. The molecule has 0 unspecified atom stereocenters. The maximum absolute atomic E-state index is 11.6. The molecule has 17 heavy (non-hydrogen) atoms. The first-order valence-corrected chi connectivity index (χ1v) is 5.76. The Morgan fingerprint density at radius 2 is 1.82 bits per heavy atom. The van der Waals surface area contributed by atoms with Crippen LogP contribution in [0.4, 0.5) is 11.4 Å². The minimum atomic E-state index is -0.465. The Hall–Kier alpha value is -1.40. The van der Waals surface area contributed by atoms with Crippen molar-refractivity contribution < 1.29 is 5.11 Å². The molecule has 1 saturated heterocycles. The number of nitrogens with zero attached hydrogens (tertiary/aromatic N) is 2. The highest BCUT2D eigenvalue weighted by Gasteiger charge is 2.27. The first kappa shape index (κ1) is 12.1. The molecule has 1 aliphatic heterocycles. The van der Waals surface area contributed by atoms with E-state index in [-0.39, 0.29) is 6.61 Å². The van der Waals surface area contributed by atoms with Crippen LogP contribution < -0.4 is 21.1 Å². The molecule has 0 spiro atoms. The SMILES string of the molecule is CN1CCN(c2c(NCCO)c(=O)c2=O)CC1. The van der Waals surface area contributed by atoms with Crippen LogP contribution in [0.1, 0.15) is 0 Å². The Labute approximate surface area is 99.1 Å². The highest BCUT2D eigenvalue weighted by molar-refractivity contribution is 5.75. The highest BCUT2D eigenvalue weighted by Crippen LogP contribution is 2.20. The topological polar surface area (TPSA) is 72.9 Å². The number of likely N-dealkylation sites (N-methyl/N-ethyl adjacent to an activating group) is 1. The van der Waals surface area contributed by atoms with E-state index >= 15 is 0 Å². The third kappa shape index (κ3) is 2.18. The van der Waals surface area contributed by atoms with Crippen molar-refractivity contribution in [2.75, 3.05) is 56.6 Å². The van der Waals surface area contributed by atoms with E-state index in [4.69, 9.17) is 5.11 Å². The number of aliphatic hydroxyl groups excluding tert-OH is 1. The van der Waals surface area contributed by atoms with Crippen molar-refractivity contribution in [2.24, 2.45) is 0 Å². The summed E-state index contributed by atoms with van der Waals surface area (Å²) in [5.41, 5.74) is -0.00692. The lowest BCUT2D eigenvalue weighted by Crippen LogP contribution is -2.50. The van der Waals surface area contributed by atoms with E-state index in [1.54, 1.807) is 0 Å².